The molecule has 18 heavy (non-hydrogen) atoms. The molecule has 0 radical (unpaired) electrons. The number of rotatable bonds is 2. The maximum Gasteiger partial charge on any atom is 0.295 e. The molecule has 1 saturated carbocycles. The molecule has 3 rings (SSSR count). The summed E-state index contributed by atoms with van der Waals surface area (Å²) in [4.78, 5) is 4.35. The van der Waals surface area contributed by atoms with Crippen LogP contribution in [0.15, 0.2) is 22.6 Å². The molecule has 0 bridgehead atoms. The molecule has 0 amide bonds. The van der Waals surface area contributed by atoms with Gasteiger partial charge < -0.3 is 20.6 Å². The van der Waals surface area contributed by atoms with Crippen molar-refractivity contribution in [3.63, 3.8) is 0 Å². The topological polar surface area (TPSA) is 84.3 Å². The number of hydrogen-bond acceptors (Lipinski definition) is 5. The van der Waals surface area contributed by atoms with Crippen LogP contribution in [0.3, 0.4) is 0 Å². The highest BCUT2D eigenvalue weighted by molar-refractivity contribution is 5.78. The molecule has 2 atom stereocenters. The molecule has 0 saturated heterocycles. The van der Waals surface area contributed by atoms with Gasteiger partial charge in [0.2, 0.25) is 0 Å². The number of nitrogen functional groups attached to an aromatic ring is 1. The molecule has 1 aliphatic rings. The van der Waals surface area contributed by atoms with Crippen LogP contribution in [0.5, 0.6) is 0 Å². The molecule has 5 nitrogen and oxygen atoms in total. The van der Waals surface area contributed by atoms with E-state index in [0.29, 0.717) is 23.7 Å². The summed E-state index contributed by atoms with van der Waals surface area (Å²) in [6, 6.07) is 6.04. The van der Waals surface area contributed by atoms with Gasteiger partial charge in [0.1, 0.15) is 5.52 Å². The molecular formula is C13H17N3O2. The Morgan fingerprint density at radius 1 is 1.50 bits per heavy atom. The average Bonchev–Trinajstić information content (AvgIpc) is 2.70. The Morgan fingerprint density at radius 3 is 2.94 bits per heavy atom. The van der Waals surface area contributed by atoms with Gasteiger partial charge in [-0.15, -0.1) is 0 Å². The number of nitrogens with zero attached hydrogens (tertiary/aromatic N) is 1. The smallest absolute Gasteiger partial charge is 0.295 e. The normalized spacial score (nSPS) is 25.9. The van der Waals surface area contributed by atoms with Crippen molar-refractivity contribution in [3.05, 3.63) is 18.2 Å². The van der Waals surface area contributed by atoms with E-state index in [0.717, 1.165) is 5.52 Å². The van der Waals surface area contributed by atoms with Gasteiger partial charge in [-0.25, -0.2) is 0 Å². The van der Waals surface area contributed by atoms with Crippen LogP contribution in [-0.4, -0.2) is 22.2 Å². The van der Waals surface area contributed by atoms with E-state index in [-0.39, 0.29) is 17.6 Å². The number of benzene rings is 1. The van der Waals surface area contributed by atoms with E-state index in [4.69, 9.17) is 10.2 Å². The van der Waals surface area contributed by atoms with Crippen LogP contribution in [0.4, 0.5) is 11.7 Å². The first-order valence-corrected chi connectivity index (χ1v) is 6.07. The first kappa shape index (κ1) is 11.3. The van der Waals surface area contributed by atoms with Gasteiger partial charge in [-0.3, -0.25) is 0 Å². The summed E-state index contributed by atoms with van der Waals surface area (Å²) in [6.45, 7) is 4.05. The second-order valence-corrected chi connectivity index (χ2v) is 5.52. The molecule has 5 heteroatoms. The van der Waals surface area contributed by atoms with Gasteiger partial charge in [0.05, 0.1) is 6.10 Å². The van der Waals surface area contributed by atoms with Crippen LogP contribution in [0.25, 0.3) is 11.1 Å². The zero-order valence-electron chi connectivity index (χ0n) is 10.5. The zero-order chi connectivity index (χ0) is 12.9. The third-order valence-corrected chi connectivity index (χ3v) is 3.93. The third kappa shape index (κ3) is 1.62. The van der Waals surface area contributed by atoms with Gasteiger partial charge in [0, 0.05) is 17.1 Å². The minimum Gasteiger partial charge on any atom is -0.424 e. The Bertz CT molecular complexity index is 591. The summed E-state index contributed by atoms with van der Waals surface area (Å²) in [5, 5.41) is 12.9. The largest absolute Gasteiger partial charge is 0.424 e. The molecule has 2 aromatic rings. The fourth-order valence-electron chi connectivity index (χ4n) is 2.30. The van der Waals surface area contributed by atoms with Crippen molar-refractivity contribution in [1.82, 2.24) is 4.98 Å². The second kappa shape index (κ2) is 3.62. The van der Waals surface area contributed by atoms with Gasteiger partial charge in [-0.05, 0) is 24.6 Å². The number of aliphatic hydroxyl groups excluding tert-OH is 1. The van der Waals surface area contributed by atoms with Gasteiger partial charge in [-0.2, -0.15) is 4.98 Å². The molecule has 1 aromatic heterocycles. The van der Waals surface area contributed by atoms with Crippen molar-refractivity contribution in [2.24, 2.45) is 5.41 Å². The lowest BCUT2D eigenvalue weighted by Crippen LogP contribution is -2.56. The summed E-state index contributed by atoms with van der Waals surface area (Å²) in [7, 11) is 0. The Hall–Kier alpha value is -1.75. The van der Waals surface area contributed by atoms with E-state index in [1.807, 2.05) is 19.9 Å². The van der Waals surface area contributed by atoms with Crippen molar-refractivity contribution < 1.29 is 9.52 Å². The lowest BCUT2D eigenvalue weighted by molar-refractivity contribution is -0.0516. The monoisotopic (exact) mass is 247 g/mol. The summed E-state index contributed by atoms with van der Waals surface area (Å²) in [6.07, 6.45) is 0.448. The van der Waals surface area contributed by atoms with Crippen LogP contribution in [0.2, 0.25) is 0 Å². The number of anilines is 2. The van der Waals surface area contributed by atoms with Crippen molar-refractivity contribution >= 4 is 22.8 Å². The molecule has 2 unspecified atom stereocenters. The van der Waals surface area contributed by atoms with E-state index < -0.39 is 0 Å². The molecule has 4 N–H and O–H groups in total. The number of aliphatic hydroxyl groups is 1. The van der Waals surface area contributed by atoms with Crippen molar-refractivity contribution in [2.75, 3.05) is 11.1 Å². The Kier molecular flexibility index (Phi) is 2.28. The van der Waals surface area contributed by atoms with Crippen LogP contribution in [-0.2, 0) is 0 Å². The van der Waals surface area contributed by atoms with Crippen molar-refractivity contribution in [1.29, 1.82) is 0 Å². The number of fused-ring (bicyclic) bond motifs is 1. The first-order chi connectivity index (χ1) is 8.46. The van der Waals surface area contributed by atoms with Crippen LogP contribution < -0.4 is 11.1 Å². The molecule has 1 fully saturated rings. The number of oxazole rings is 1. The predicted molar refractivity (Wildman–Crippen MR) is 70.2 cm³/mol. The van der Waals surface area contributed by atoms with E-state index >= 15 is 0 Å². The summed E-state index contributed by atoms with van der Waals surface area (Å²) in [5.74, 6) is 0. The van der Waals surface area contributed by atoms with E-state index in [2.05, 4.69) is 10.3 Å². The van der Waals surface area contributed by atoms with Crippen LogP contribution >= 0.6 is 0 Å². The maximum absolute atomic E-state index is 9.69. The fourth-order valence-corrected chi connectivity index (χ4v) is 2.30. The zero-order valence-corrected chi connectivity index (χ0v) is 10.5. The van der Waals surface area contributed by atoms with E-state index in [1.54, 1.807) is 12.1 Å². The van der Waals surface area contributed by atoms with Crippen molar-refractivity contribution in [3.8, 4) is 0 Å². The summed E-state index contributed by atoms with van der Waals surface area (Å²) < 4.78 is 5.60. The first-order valence-electron chi connectivity index (χ1n) is 6.07. The standard InChI is InChI=1S/C13H17N3O2/c1-13(2)10(6-11(13)17)16-12-15-8-5-7(14)3-4-9(8)18-12/h3-5,10-11,17H,6,14H2,1-2H3,(H,15,16). The van der Waals surface area contributed by atoms with Crippen molar-refractivity contribution in [2.45, 2.75) is 32.4 Å². The highest BCUT2D eigenvalue weighted by atomic mass is 16.4. The van der Waals surface area contributed by atoms with E-state index in [1.165, 1.54) is 0 Å². The SMILES string of the molecule is CC1(C)C(O)CC1Nc1nc2cc(N)ccc2o1. The Labute approximate surface area is 105 Å². The molecule has 1 aromatic carbocycles. The molecular weight excluding hydrogens is 230 g/mol. The summed E-state index contributed by atoms with van der Waals surface area (Å²) in [5.41, 5.74) is 7.67. The second-order valence-electron chi connectivity index (χ2n) is 5.52. The number of aromatic nitrogens is 1. The number of hydrogen-bond donors (Lipinski definition) is 3. The predicted octanol–water partition coefficient (Wildman–Crippen LogP) is 1.98. The third-order valence-electron chi connectivity index (χ3n) is 3.93. The van der Waals surface area contributed by atoms with Gasteiger partial charge in [0.15, 0.2) is 5.58 Å². The minimum absolute atomic E-state index is 0.153. The van der Waals surface area contributed by atoms with Gasteiger partial charge >= 0.3 is 0 Å². The minimum atomic E-state index is -0.268. The Balaban J connectivity index is 1.84. The lowest BCUT2D eigenvalue weighted by Gasteiger charge is -2.49. The maximum atomic E-state index is 9.69. The lowest BCUT2D eigenvalue weighted by atomic mass is 9.65. The number of nitrogens with two attached hydrogens (primary N) is 1. The molecule has 1 heterocycles. The molecule has 96 valence electrons. The van der Waals surface area contributed by atoms with Crippen LogP contribution in [0, 0.1) is 5.41 Å². The van der Waals surface area contributed by atoms with Gasteiger partial charge in [0.25, 0.3) is 6.01 Å². The highest BCUT2D eigenvalue weighted by Crippen LogP contribution is 2.42. The van der Waals surface area contributed by atoms with Crippen LogP contribution in [0.1, 0.15) is 20.3 Å². The molecule has 1 aliphatic carbocycles. The van der Waals surface area contributed by atoms with E-state index in [9.17, 15) is 5.11 Å². The highest BCUT2D eigenvalue weighted by Gasteiger charge is 2.47. The van der Waals surface area contributed by atoms with Gasteiger partial charge in [-0.1, -0.05) is 13.8 Å². The average molecular weight is 247 g/mol. The fraction of sp³-hybridized carbons (Fsp3) is 0.462. The Morgan fingerprint density at radius 2 is 2.28 bits per heavy atom. The summed E-state index contributed by atoms with van der Waals surface area (Å²) >= 11 is 0. The quantitative estimate of drug-likeness (QED) is 0.707. The molecule has 0 spiro atoms. The number of nitrogens with one attached hydrogen (secondary N) is 1. The molecule has 0 aliphatic heterocycles.